The molecule has 0 fully saturated rings. The van der Waals surface area contributed by atoms with Gasteiger partial charge in [-0.1, -0.05) is 13.5 Å². The van der Waals surface area contributed by atoms with Crippen molar-refractivity contribution in [3.63, 3.8) is 0 Å². The second-order valence-corrected chi connectivity index (χ2v) is 6.12. The molecule has 0 N–H and O–H groups in total. The van der Waals surface area contributed by atoms with Gasteiger partial charge in [0.15, 0.2) is 0 Å². The second-order valence-electron chi connectivity index (χ2n) is 2.46. The lowest BCUT2D eigenvalue weighted by Crippen LogP contribution is -2.19. The van der Waals surface area contributed by atoms with Crippen molar-refractivity contribution in [1.82, 2.24) is 4.31 Å². The number of hydrogen-bond donors (Lipinski definition) is 0. The average molecular weight is 147 g/mol. The average Bonchev–Trinajstić information content (AvgIpc) is 1.86. The van der Waals surface area contributed by atoms with E-state index in [0.29, 0.717) is 0 Å². The highest BCUT2D eigenvalue weighted by atomic mass is 32.3. The zero-order chi connectivity index (χ0) is 7.49. The molecule has 0 heterocycles. The van der Waals surface area contributed by atoms with Crippen LogP contribution in [0.3, 0.4) is 0 Å². The van der Waals surface area contributed by atoms with E-state index >= 15 is 0 Å². The quantitative estimate of drug-likeness (QED) is 0.590. The van der Waals surface area contributed by atoms with Crippen LogP contribution in [0, 0.1) is 0 Å². The topological polar surface area (TPSA) is 3.24 Å². The maximum absolute atomic E-state index is 3.80. The molecule has 1 nitrogen and oxygen atoms in total. The molecule has 9 heavy (non-hydrogen) atoms. The molecule has 0 amide bonds. The maximum atomic E-state index is 3.80. The van der Waals surface area contributed by atoms with Crippen LogP contribution in [0.4, 0.5) is 0 Å². The minimum Gasteiger partial charge on any atom is -0.268 e. The van der Waals surface area contributed by atoms with Crippen molar-refractivity contribution < 1.29 is 0 Å². The van der Waals surface area contributed by atoms with Gasteiger partial charge in [0, 0.05) is 6.54 Å². The van der Waals surface area contributed by atoms with Gasteiger partial charge < -0.3 is 0 Å². The molecule has 0 aliphatic carbocycles. The van der Waals surface area contributed by atoms with Crippen LogP contribution in [0.2, 0.25) is 0 Å². The van der Waals surface area contributed by atoms with Crippen LogP contribution in [0.5, 0.6) is 0 Å². The summed E-state index contributed by atoms with van der Waals surface area (Å²) in [5, 5.41) is 2.05. The summed E-state index contributed by atoms with van der Waals surface area (Å²) in [6, 6.07) is 0. The van der Waals surface area contributed by atoms with Crippen molar-refractivity contribution in [2.24, 2.45) is 0 Å². The van der Waals surface area contributed by atoms with Crippen LogP contribution >= 0.6 is 10.2 Å². The predicted molar refractivity (Wildman–Crippen MR) is 47.9 cm³/mol. The zero-order valence-corrected chi connectivity index (χ0v) is 7.66. The first kappa shape index (κ1) is 9.05. The standard InChI is InChI=1S/C7H17NS/c1-6-8(3)9(4,5)7-2/h7H,2,6H2,1,3-5H3. The van der Waals surface area contributed by atoms with E-state index in [4.69, 9.17) is 0 Å². The Morgan fingerprint density at radius 1 is 1.56 bits per heavy atom. The highest BCUT2D eigenvalue weighted by Crippen LogP contribution is 2.43. The summed E-state index contributed by atoms with van der Waals surface area (Å²) in [7, 11) is 1.48. The normalized spacial score (nSPS) is 13.9. The van der Waals surface area contributed by atoms with Crippen molar-refractivity contribution in [3.8, 4) is 0 Å². The van der Waals surface area contributed by atoms with Crippen molar-refractivity contribution in [1.29, 1.82) is 0 Å². The first-order valence-corrected chi connectivity index (χ1v) is 5.58. The molecular weight excluding hydrogens is 130 g/mol. The number of hydrogen-bond acceptors (Lipinski definition) is 1. The highest BCUT2D eigenvalue weighted by Gasteiger charge is 2.10. The van der Waals surface area contributed by atoms with E-state index < -0.39 is 10.2 Å². The maximum Gasteiger partial charge on any atom is 0.00455 e. The molecule has 0 radical (unpaired) electrons. The Labute approximate surface area is 60.2 Å². The lowest BCUT2D eigenvalue weighted by Gasteiger charge is -2.36. The molecule has 0 aromatic rings. The van der Waals surface area contributed by atoms with Crippen molar-refractivity contribution >= 4 is 10.2 Å². The van der Waals surface area contributed by atoms with E-state index in [1.165, 1.54) is 0 Å². The van der Waals surface area contributed by atoms with Gasteiger partial charge in [-0.3, -0.25) is 4.31 Å². The van der Waals surface area contributed by atoms with Crippen LogP contribution in [0.15, 0.2) is 12.0 Å². The fraction of sp³-hybridized carbons (Fsp3) is 0.714. The van der Waals surface area contributed by atoms with Gasteiger partial charge in [-0.15, -0.1) is 0 Å². The summed E-state index contributed by atoms with van der Waals surface area (Å²) in [5.41, 5.74) is 0. The zero-order valence-electron chi connectivity index (χ0n) is 6.85. The van der Waals surface area contributed by atoms with Gasteiger partial charge in [0.1, 0.15) is 0 Å². The van der Waals surface area contributed by atoms with E-state index in [1.54, 1.807) is 0 Å². The molecule has 0 bridgehead atoms. The molecule has 0 atom stereocenters. The summed E-state index contributed by atoms with van der Waals surface area (Å²) in [5.74, 6) is 0. The summed E-state index contributed by atoms with van der Waals surface area (Å²) in [6.07, 6.45) is 4.48. The van der Waals surface area contributed by atoms with Gasteiger partial charge in [0.05, 0.1) is 0 Å². The van der Waals surface area contributed by atoms with Gasteiger partial charge in [-0.2, -0.15) is 10.2 Å². The third-order valence-corrected chi connectivity index (χ3v) is 4.34. The Morgan fingerprint density at radius 2 is 2.00 bits per heavy atom. The molecule has 0 aromatic heterocycles. The van der Waals surface area contributed by atoms with Gasteiger partial charge in [-0.25, -0.2) is 0 Å². The number of rotatable bonds is 3. The summed E-state index contributed by atoms with van der Waals surface area (Å²) >= 11 is 0. The van der Waals surface area contributed by atoms with Gasteiger partial charge in [-0.05, 0) is 25.0 Å². The Balaban J connectivity index is 3.95. The molecule has 0 saturated heterocycles. The largest absolute Gasteiger partial charge is 0.268 e. The molecule has 0 rings (SSSR count). The third kappa shape index (κ3) is 2.41. The molecule has 0 aliphatic rings. The first-order valence-electron chi connectivity index (χ1n) is 3.11. The van der Waals surface area contributed by atoms with Gasteiger partial charge in [0.2, 0.25) is 0 Å². The van der Waals surface area contributed by atoms with Crippen LogP contribution in [0.1, 0.15) is 6.92 Å². The summed E-state index contributed by atoms with van der Waals surface area (Å²) in [4.78, 5) is 0. The molecule has 2 heteroatoms. The fourth-order valence-electron chi connectivity index (χ4n) is 0.460. The van der Waals surface area contributed by atoms with Crippen LogP contribution < -0.4 is 0 Å². The van der Waals surface area contributed by atoms with E-state index in [1.807, 2.05) is 0 Å². The Bertz CT molecular complexity index is 99.1. The van der Waals surface area contributed by atoms with Gasteiger partial charge in [0.25, 0.3) is 0 Å². The van der Waals surface area contributed by atoms with E-state index in [-0.39, 0.29) is 0 Å². The van der Waals surface area contributed by atoms with Crippen LogP contribution in [-0.2, 0) is 0 Å². The monoisotopic (exact) mass is 147 g/mol. The minimum absolute atomic E-state index is 0.651. The summed E-state index contributed by atoms with van der Waals surface area (Å²) < 4.78 is 2.33. The molecule has 0 unspecified atom stereocenters. The van der Waals surface area contributed by atoms with E-state index in [9.17, 15) is 0 Å². The SMILES string of the molecule is C=CS(C)(C)N(C)CC. The second kappa shape index (κ2) is 3.28. The molecular formula is C7H17NS. The summed E-state index contributed by atoms with van der Waals surface area (Å²) in [6.45, 7) is 7.07. The molecule has 0 saturated carbocycles. The number of nitrogens with zero attached hydrogens (tertiary/aromatic N) is 1. The smallest absolute Gasteiger partial charge is 0.00455 e. The van der Waals surface area contributed by atoms with Crippen LogP contribution in [0.25, 0.3) is 0 Å². The van der Waals surface area contributed by atoms with Crippen molar-refractivity contribution in [2.75, 3.05) is 26.1 Å². The van der Waals surface area contributed by atoms with Crippen molar-refractivity contribution in [3.05, 3.63) is 12.0 Å². The molecule has 0 aliphatic heterocycles. The molecule has 0 aromatic carbocycles. The van der Waals surface area contributed by atoms with Crippen LogP contribution in [-0.4, -0.2) is 30.4 Å². The lowest BCUT2D eigenvalue weighted by molar-refractivity contribution is 0.592. The minimum atomic E-state index is -0.651. The van der Waals surface area contributed by atoms with E-state index in [2.05, 4.69) is 42.8 Å². The molecule has 0 spiro atoms. The van der Waals surface area contributed by atoms with E-state index in [0.717, 1.165) is 6.54 Å². The Kier molecular flexibility index (Phi) is 3.30. The Morgan fingerprint density at radius 3 is 2.11 bits per heavy atom. The van der Waals surface area contributed by atoms with Gasteiger partial charge >= 0.3 is 0 Å². The predicted octanol–water partition coefficient (Wildman–Crippen LogP) is 2.06. The van der Waals surface area contributed by atoms with Crippen molar-refractivity contribution in [2.45, 2.75) is 6.92 Å². The lowest BCUT2D eigenvalue weighted by atomic mass is 10.8. The highest BCUT2D eigenvalue weighted by molar-refractivity contribution is 8.33. The third-order valence-electron chi connectivity index (χ3n) is 1.66. The first-order chi connectivity index (χ1) is 4.04. The molecule has 56 valence electrons. The Hall–Kier alpha value is 0.0500. The fourth-order valence-corrected chi connectivity index (χ4v) is 1.38.